The summed E-state index contributed by atoms with van der Waals surface area (Å²) in [5.41, 5.74) is -0.0964. The first-order chi connectivity index (χ1) is 9.22. The zero-order valence-corrected chi connectivity index (χ0v) is 10.7. The van der Waals surface area contributed by atoms with Crippen molar-refractivity contribution in [3.8, 4) is 0 Å². The maximum absolute atomic E-state index is 13.3. The number of hydrogen-bond donors (Lipinski definition) is 1. The molecule has 0 atom stereocenters. The highest BCUT2D eigenvalue weighted by molar-refractivity contribution is 5.62. The molecule has 1 aliphatic heterocycles. The molecule has 20 heavy (non-hydrogen) atoms. The summed E-state index contributed by atoms with van der Waals surface area (Å²) in [5.74, 6) is -2.68. The zero-order chi connectivity index (χ0) is 14.6. The molecule has 0 bridgehead atoms. The normalized spacial score (nSPS) is 23.4. The number of halogens is 5. The predicted octanol–water partition coefficient (Wildman–Crippen LogP) is 4.58. The maximum Gasteiger partial charge on any atom is 0.416 e. The van der Waals surface area contributed by atoms with Gasteiger partial charge in [0, 0.05) is 30.5 Å². The molecule has 0 unspecified atom stereocenters. The summed E-state index contributed by atoms with van der Waals surface area (Å²) in [7, 11) is 0. The molecule has 1 aromatic carbocycles. The molecule has 1 aliphatic carbocycles. The van der Waals surface area contributed by atoms with E-state index in [1.807, 2.05) is 0 Å². The molecule has 0 saturated heterocycles. The predicted molar refractivity (Wildman–Crippen MR) is 65.0 cm³/mol. The fourth-order valence-corrected chi connectivity index (χ4v) is 3.21. The van der Waals surface area contributed by atoms with Crippen molar-refractivity contribution < 1.29 is 22.0 Å². The van der Waals surface area contributed by atoms with Crippen LogP contribution in [0.5, 0.6) is 0 Å². The van der Waals surface area contributed by atoms with Crippen LogP contribution in [0.4, 0.5) is 27.6 Å². The average Bonchev–Trinajstić information content (AvgIpc) is 2.71. The Bertz CT molecular complexity index is 525. The van der Waals surface area contributed by atoms with Gasteiger partial charge in [0.15, 0.2) is 0 Å². The molecule has 1 heterocycles. The lowest BCUT2D eigenvalue weighted by Crippen LogP contribution is -2.38. The average molecular weight is 291 g/mol. The van der Waals surface area contributed by atoms with Crippen LogP contribution >= 0.6 is 0 Å². The molecule has 3 rings (SSSR count). The minimum absolute atomic E-state index is 0.224. The van der Waals surface area contributed by atoms with Crippen LogP contribution in [-0.4, -0.2) is 12.5 Å². The minimum atomic E-state index is -4.41. The third-order valence-corrected chi connectivity index (χ3v) is 4.47. The van der Waals surface area contributed by atoms with E-state index in [0.717, 1.165) is 12.1 Å². The number of alkyl halides is 5. The van der Waals surface area contributed by atoms with Gasteiger partial charge >= 0.3 is 6.18 Å². The van der Waals surface area contributed by atoms with Crippen molar-refractivity contribution in [3.63, 3.8) is 0 Å². The first-order valence-electron chi connectivity index (χ1n) is 6.55. The second-order valence-electron chi connectivity index (χ2n) is 5.75. The summed E-state index contributed by atoms with van der Waals surface area (Å²) in [5, 5.41) is 3.05. The quantitative estimate of drug-likeness (QED) is 0.690. The smallest absolute Gasteiger partial charge is 0.384 e. The lowest BCUT2D eigenvalue weighted by molar-refractivity contribution is -0.137. The molecule has 0 aromatic heterocycles. The van der Waals surface area contributed by atoms with Crippen molar-refractivity contribution in [2.45, 2.75) is 43.2 Å². The molecule has 1 fully saturated rings. The Labute approximate surface area is 113 Å². The zero-order valence-electron chi connectivity index (χ0n) is 10.7. The number of fused-ring (bicyclic) bond motifs is 2. The van der Waals surface area contributed by atoms with Crippen LogP contribution in [0, 0.1) is 0 Å². The van der Waals surface area contributed by atoms with E-state index in [9.17, 15) is 22.0 Å². The first-order valence-corrected chi connectivity index (χ1v) is 6.55. The van der Waals surface area contributed by atoms with Crippen molar-refractivity contribution in [2.24, 2.45) is 0 Å². The van der Waals surface area contributed by atoms with E-state index in [-0.39, 0.29) is 25.7 Å². The summed E-state index contributed by atoms with van der Waals surface area (Å²) in [6, 6.07) is 3.56. The van der Waals surface area contributed by atoms with Gasteiger partial charge in [-0.25, -0.2) is 8.78 Å². The highest BCUT2D eigenvalue weighted by Crippen LogP contribution is 2.51. The van der Waals surface area contributed by atoms with Crippen LogP contribution in [0.25, 0.3) is 0 Å². The summed E-state index contributed by atoms with van der Waals surface area (Å²) < 4.78 is 65.0. The van der Waals surface area contributed by atoms with Gasteiger partial charge in [0.05, 0.1) is 5.56 Å². The van der Waals surface area contributed by atoms with Crippen molar-refractivity contribution in [2.75, 3.05) is 11.9 Å². The summed E-state index contributed by atoms with van der Waals surface area (Å²) in [4.78, 5) is 0. The van der Waals surface area contributed by atoms with Crippen LogP contribution in [0.1, 0.15) is 36.8 Å². The van der Waals surface area contributed by atoms with Crippen LogP contribution in [0.3, 0.4) is 0 Å². The Morgan fingerprint density at radius 1 is 1.00 bits per heavy atom. The number of hydrogen-bond acceptors (Lipinski definition) is 1. The highest BCUT2D eigenvalue weighted by atomic mass is 19.4. The first kappa shape index (κ1) is 13.6. The Morgan fingerprint density at radius 3 is 2.25 bits per heavy atom. The standard InChI is InChI=1S/C14H14F5N/c15-13(16)5-3-12(4-6-13)8-20-11-2-1-9(7-10(11)12)14(17,18)19/h1-2,7,20H,3-6,8H2. The van der Waals surface area contributed by atoms with E-state index in [1.54, 1.807) is 0 Å². The molecule has 2 aliphatic rings. The number of nitrogens with one attached hydrogen (secondary N) is 1. The molecule has 0 amide bonds. The van der Waals surface area contributed by atoms with Crippen molar-refractivity contribution in [1.82, 2.24) is 0 Å². The van der Waals surface area contributed by atoms with E-state index >= 15 is 0 Å². The van der Waals surface area contributed by atoms with Crippen LogP contribution in [0.15, 0.2) is 18.2 Å². The van der Waals surface area contributed by atoms with Gasteiger partial charge in [-0.3, -0.25) is 0 Å². The van der Waals surface area contributed by atoms with E-state index in [0.29, 0.717) is 17.8 Å². The number of benzene rings is 1. The molecule has 1 saturated carbocycles. The van der Waals surface area contributed by atoms with Gasteiger partial charge in [-0.2, -0.15) is 13.2 Å². The Balaban J connectivity index is 1.97. The van der Waals surface area contributed by atoms with Gasteiger partial charge < -0.3 is 5.32 Å². The second kappa shape index (κ2) is 4.09. The topological polar surface area (TPSA) is 12.0 Å². The highest BCUT2D eigenvalue weighted by Gasteiger charge is 2.48. The van der Waals surface area contributed by atoms with E-state index in [2.05, 4.69) is 5.32 Å². The molecular weight excluding hydrogens is 277 g/mol. The molecule has 6 heteroatoms. The SMILES string of the molecule is FC1(F)CCC2(CC1)CNc1ccc(C(F)(F)F)cc12. The van der Waals surface area contributed by atoms with Crippen molar-refractivity contribution in [3.05, 3.63) is 29.3 Å². The molecular formula is C14H14F5N. The largest absolute Gasteiger partial charge is 0.416 e. The Kier molecular flexibility index (Phi) is 2.79. The van der Waals surface area contributed by atoms with Crippen molar-refractivity contribution in [1.29, 1.82) is 0 Å². The summed E-state index contributed by atoms with van der Waals surface area (Å²) in [6.45, 7) is 0.444. The summed E-state index contributed by atoms with van der Waals surface area (Å²) >= 11 is 0. The summed E-state index contributed by atoms with van der Waals surface area (Å²) in [6.07, 6.45) is -4.48. The van der Waals surface area contributed by atoms with E-state index in [1.165, 1.54) is 6.07 Å². The fraction of sp³-hybridized carbons (Fsp3) is 0.571. The van der Waals surface area contributed by atoms with Crippen LogP contribution in [0.2, 0.25) is 0 Å². The third-order valence-electron chi connectivity index (χ3n) is 4.47. The number of anilines is 1. The Hall–Kier alpha value is -1.33. The van der Waals surface area contributed by atoms with E-state index < -0.39 is 23.1 Å². The molecule has 0 radical (unpaired) electrons. The van der Waals surface area contributed by atoms with E-state index in [4.69, 9.17) is 0 Å². The lowest BCUT2D eigenvalue weighted by Gasteiger charge is -2.37. The Morgan fingerprint density at radius 2 is 1.65 bits per heavy atom. The molecule has 1 aromatic rings. The molecule has 1 nitrogen and oxygen atoms in total. The van der Waals surface area contributed by atoms with Crippen molar-refractivity contribution >= 4 is 5.69 Å². The van der Waals surface area contributed by atoms with Gasteiger partial charge in [0.2, 0.25) is 5.92 Å². The maximum atomic E-state index is 13.3. The van der Waals surface area contributed by atoms with Gasteiger partial charge in [-0.15, -0.1) is 0 Å². The number of rotatable bonds is 0. The molecule has 1 spiro atoms. The van der Waals surface area contributed by atoms with Gasteiger partial charge in [0.1, 0.15) is 0 Å². The fourth-order valence-electron chi connectivity index (χ4n) is 3.21. The van der Waals surface area contributed by atoms with Crippen LogP contribution in [-0.2, 0) is 11.6 Å². The van der Waals surface area contributed by atoms with Crippen LogP contribution < -0.4 is 5.32 Å². The third kappa shape index (κ3) is 2.15. The van der Waals surface area contributed by atoms with Gasteiger partial charge in [0.25, 0.3) is 0 Å². The second-order valence-corrected chi connectivity index (χ2v) is 5.75. The minimum Gasteiger partial charge on any atom is -0.384 e. The van der Waals surface area contributed by atoms with Gasteiger partial charge in [-0.1, -0.05) is 0 Å². The lowest BCUT2D eigenvalue weighted by atomic mass is 9.69. The monoisotopic (exact) mass is 291 g/mol. The molecule has 110 valence electrons. The van der Waals surface area contributed by atoms with Gasteiger partial charge in [-0.05, 0) is 36.6 Å². The molecule has 1 N–H and O–H groups in total.